The molecule has 131 heavy (non-hydrogen) atoms. The number of ketones is 1. The van der Waals surface area contributed by atoms with Gasteiger partial charge in [0.2, 0.25) is 17.1 Å². The van der Waals surface area contributed by atoms with Crippen LogP contribution >= 0.6 is 103 Å². The van der Waals surface area contributed by atoms with Crippen molar-refractivity contribution in [3.05, 3.63) is 310 Å². The van der Waals surface area contributed by atoms with Crippen molar-refractivity contribution < 1.29 is 42.9 Å². The van der Waals surface area contributed by atoms with Crippen molar-refractivity contribution in [2.45, 2.75) is 63.3 Å². The Hall–Kier alpha value is -11.2. The van der Waals surface area contributed by atoms with Gasteiger partial charge in [0.05, 0.1) is 129 Å². The summed E-state index contributed by atoms with van der Waals surface area (Å²) in [7, 11) is 0. The summed E-state index contributed by atoms with van der Waals surface area (Å²) >= 11 is 31.7. The van der Waals surface area contributed by atoms with Gasteiger partial charge < -0.3 is 59.8 Å². The summed E-state index contributed by atoms with van der Waals surface area (Å²) in [4.78, 5) is 101. The number of pyridine rings is 2. The molecular formula is C99H88Cl4N14O9S5. The van der Waals surface area contributed by atoms with E-state index in [-0.39, 0.29) is 64.5 Å². The second kappa shape index (κ2) is 39.7. The lowest BCUT2D eigenvalue weighted by molar-refractivity contribution is 0.0898. The molecule has 6 aromatic carbocycles. The second-order valence-corrected chi connectivity index (χ2v) is 40.1. The van der Waals surface area contributed by atoms with Gasteiger partial charge in [-0.15, -0.1) is 45.3 Å². The van der Waals surface area contributed by atoms with Crippen LogP contribution in [-0.4, -0.2) is 169 Å². The number of nitrogens with zero attached hydrogens (tertiary/aromatic N) is 10. The van der Waals surface area contributed by atoms with Crippen molar-refractivity contribution in [1.29, 1.82) is 0 Å². The summed E-state index contributed by atoms with van der Waals surface area (Å²) in [6.45, 7) is 42.7. The molecule has 5 unspecified atom stereocenters. The van der Waals surface area contributed by atoms with Crippen molar-refractivity contribution in [2.24, 2.45) is 5.41 Å². The van der Waals surface area contributed by atoms with Gasteiger partial charge in [-0.2, -0.15) is 0 Å². The lowest BCUT2D eigenvalue weighted by Crippen LogP contribution is -2.36. The molecule has 22 rings (SSSR count). The van der Waals surface area contributed by atoms with E-state index >= 15 is 0 Å². The number of thiophene rings is 4. The molecule has 0 bridgehead atoms. The van der Waals surface area contributed by atoms with Crippen LogP contribution in [0.2, 0.25) is 20.1 Å². The predicted octanol–water partition coefficient (Wildman–Crippen LogP) is 21.4. The number of carbonyl (C=O) groups excluding carboxylic acids is 5. The van der Waals surface area contributed by atoms with Gasteiger partial charge in [-0.25, -0.2) is 19.5 Å². The van der Waals surface area contributed by atoms with Crippen molar-refractivity contribution in [3.8, 4) is 10.4 Å². The monoisotopic (exact) mass is 1920 g/mol. The lowest BCUT2D eigenvalue weighted by atomic mass is 9.65. The molecule has 0 radical (unpaired) electrons. The highest BCUT2D eigenvalue weighted by atomic mass is 35.5. The molecular weight excluding hydrogens is 1830 g/mol. The van der Waals surface area contributed by atoms with E-state index < -0.39 is 0 Å². The highest BCUT2D eigenvalue weighted by Gasteiger charge is 2.44. The summed E-state index contributed by atoms with van der Waals surface area (Å²) in [6.07, 6.45) is 8.60. The molecule has 15 heterocycles. The first-order valence-electron chi connectivity index (χ1n) is 43.2. The number of amides is 4. The Labute approximate surface area is 798 Å². The minimum atomic E-state index is -0.382. The number of aromatic nitrogens is 3. The summed E-state index contributed by atoms with van der Waals surface area (Å²) in [6, 6.07) is 48.2. The number of anilines is 4. The Morgan fingerprint density at radius 3 is 1.55 bits per heavy atom. The quantitative estimate of drug-likeness (QED) is 0.0932. The van der Waals surface area contributed by atoms with Crippen LogP contribution in [0.25, 0.3) is 46.5 Å². The van der Waals surface area contributed by atoms with Crippen molar-refractivity contribution in [1.82, 2.24) is 36.2 Å². The van der Waals surface area contributed by atoms with Crippen molar-refractivity contribution >= 4 is 191 Å². The smallest absolute Gasteiger partial charge is 0.263 e. The van der Waals surface area contributed by atoms with Gasteiger partial charge in [0.1, 0.15) is 4.88 Å². The minimum Gasteiger partial charge on any atom is -0.378 e. The Morgan fingerprint density at radius 2 is 0.947 bits per heavy atom. The van der Waals surface area contributed by atoms with Crippen LogP contribution in [0.5, 0.6) is 0 Å². The summed E-state index contributed by atoms with van der Waals surface area (Å²) < 4.78 is 21.7. The number of benzene rings is 6. The Balaban J connectivity index is 0.000000110. The number of Topliss-reactive ketones (excluding diaryl/α,β-unsaturated/α-hetero) is 1. The van der Waals surface area contributed by atoms with Gasteiger partial charge >= 0.3 is 0 Å². The van der Waals surface area contributed by atoms with Gasteiger partial charge in [0.15, 0.2) is 10.9 Å². The zero-order chi connectivity index (χ0) is 90.7. The van der Waals surface area contributed by atoms with Gasteiger partial charge in [-0.3, -0.25) is 33.9 Å². The fraction of sp³-hybridized carbons (Fsp3) is 0.303. The van der Waals surface area contributed by atoms with E-state index in [9.17, 15) is 24.0 Å². The maximum atomic E-state index is 12.8. The minimum absolute atomic E-state index is 0.0179. The number of nitrogens with one attached hydrogen (secondary N) is 4. The lowest BCUT2D eigenvalue weighted by Gasteiger charge is -2.38. The normalized spacial score (nSPS) is 19.5. The van der Waals surface area contributed by atoms with E-state index in [1.165, 1.54) is 61.7 Å². The summed E-state index contributed by atoms with van der Waals surface area (Å²) in [5.74, 6) is 0.181. The number of rotatable bonds is 10. The topological polar surface area (TPSA) is 235 Å². The third-order valence-electron chi connectivity index (χ3n) is 24.9. The highest BCUT2D eigenvalue weighted by Crippen LogP contribution is 2.56. The SMILES string of the molecule is CC1(C)CC(=O)c2sc(-c3ccncc3)cc2C1c1ccc(Cl)cc1.O=C1NCC(c2ccc3ccncc3c2)c2nc(N3CCOCC3)sc21.[C-]#[N+]c1c(N2CCOCC2)sc2c1C(c1ccc(Cl)c(C)c1)CNC2=O.[C-]#[N+]c1c(N2CCOCC2)sc2c1C(c1ccc(Cl)c(Cl)c1)NC2=O.[C-]#[N+]c1c(N2CCOCC2)sc2c1C(c1ccc3ccccc3c1)CCNC2=O. The van der Waals surface area contributed by atoms with Gasteiger partial charge in [-0.05, 0) is 151 Å². The first-order valence-corrected chi connectivity index (χ1v) is 48.8. The maximum Gasteiger partial charge on any atom is 0.263 e. The van der Waals surface area contributed by atoms with E-state index in [1.807, 2.05) is 79.9 Å². The number of ether oxygens (including phenoxy) is 4. The van der Waals surface area contributed by atoms with Crippen LogP contribution in [0.1, 0.15) is 166 Å². The van der Waals surface area contributed by atoms with Crippen LogP contribution < -0.4 is 40.9 Å². The molecule has 4 amide bonds. The third kappa shape index (κ3) is 18.8. The van der Waals surface area contributed by atoms with Gasteiger partial charge in [0, 0.05) is 153 Å². The van der Waals surface area contributed by atoms with Crippen LogP contribution in [0, 0.1) is 32.1 Å². The van der Waals surface area contributed by atoms with Crippen LogP contribution in [0.4, 0.5) is 37.2 Å². The third-order valence-corrected chi connectivity index (χ3v) is 32.5. The fourth-order valence-corrected chi connectivity index (χ4v) is 25.0. The molecule has 13 aromatic rings. The molecule has 4 N–H and O–H groups in total. The zero-order valence-electron chi connectivity index (χ0n) is 71.6. The molecule has 0 saturated carbocycles. The van der Waals surface area contributed by atoms with Crippen molar-refractivity contribution in [3.63, 3.8) is 0 Å². The highest BCUT2D eigenvalue weighted by molar-refractivity contribution is 7.20. The number of carbonyl (C=O) groups is 5. The van der Waals surface area contributed by atoms with Crippen LogP contribution in [0.15, 0.2) is 170 Å². The van der Waals surface area contributed by atoms with Crippen LogP contribution in [-0.2, 0) is 18.9 Å². The second-order valence-electron chi connectivity index (χ2n) is 33.4. The Bertz CT molecular complexity index is 6690. The number of hydrogen-bond acceptors (Lipinski definition) is 21. The van der Waals surface area contributed by atoms with Crippen LogP contribution in [0.3, 0.4) is 0 Å². The fourth-order valence-electron chi connectivity index (χ4n) is 18.4. The number of thiazole rings is 1. The molecule has 23 nitrogen and oxygen atoms in total. The molecule has 0 spiro atoms. The Morgan fingerprint density at radius 1 is 0.450 bits per heavy atom. The summed E-state index contributed by atoms with van der Waals surface area (Å²) in [5, 5.41) is 22.5. The molecule has 9 aliphatic rings. The van der Waals surface area contributed by atoms with E-state index in [2.05, 4.69) is 146 Å². The molecule has 4 fully saturated rings. The molecule has 7 aromatic heterocycles. The van der Waals surface area contributed by atoms with E-state index in [0.29, 0.717) is 121 Å². The summed E-state index contributed by atoms with van der Waals surface area (Å²) in [5.41, 5.74) is 13.7. The maximum absolute atomic E-state index is 12.8. The largest absolute Gasteiger partial charge is 0.378 e. The van der Waals surface area contributed by atoms with Gasteiger partial charge in [0.25, 0.3) is 23.6 Å². The molecule has 8 aliphatic heterocycles. The molecule has 666 valence electrons. The number of fused-ring (bicyclic) bond motifs is 7. The molecule has 1 aliphatic carbocycles. The predicted molar refractivity (Wildman–Crippen MR) is 524 cm³/mol. The standard InChI is InChI=1S/C23H21N3O2S.C21H18ClNOS.C19H18ClN3O2S.C19H18N4O2S.C17H13Cl2N3O2S/c1-24-20-19-18(17-7-6-15-4-2-3-5-16(15)14-17)8-9-25-22(27)21(19)29-23(20)26-10-12-28-13-11-26;1-21(2)12-17(24)20-16(19(21)14-3-5-15(22)6-4-14)11-18(25-20)13-7-9-23-10-8-13;1-11-9-12(3-4-14(11)20)13-10-22-18(24)17-15(13)16(21-2)19(26-17)23-5-7-25-8-6-23;24-18-17-16(22-19(26-17)23-5-7-25-8-6-23)15(11-21-18)13-2-1-12-3-4-20-10-14(12)9-13;1-20-14-12-13(9-2-3-10(18)11(19)8-9)21-16(23)15(12)25-17(14)22-4-6-24-7-5-22/h2-7,14,18H,8-13H2,(H,25,27);3-11,19H,12H2,1-2H3;3-4,9,13H,5-8,10H2,1H3,(H,22,24);1-4,9-10,15H,5-8,11H2,(H,21,24);2-3,8,13H,4-7H2,(H,21,23). The average molecular weight is 1920 g/mol. The number of hydrogen-bond donors (Lipinski definition) is 4. The first kappa shape index (κ1) is 90.3. The van der Waals surface area contributed by atoms with E-state index in [1.54, 1.807) is 42.1 Å². The van der Waals surface area contributed by atoms with Gasteiger partial charge in [-0.1, -0.05) is 157 Å². The molecule has 32 heteroatoms. The number of morpholine rings is 4. The molecule has 4 saturated heterocycles. The number of halogens is 4. The Kier molecular flexibility index (Phi) is 27.4. The van der Waals surface area contributed by atoms with E-state index in [4.69, 9.17) is 90.1 Å². The van der Waals surface area contributed by atoms with Crippen molar-refractivity contribution in [2.75, 3.05) is 144 Å². The average Bonchev–Trinajstić information content (AvgIpc) is 1.63. The zero-order valence-corrected chi connectivity index (χ0v) is 78.7. The van der Waals surface area contributed by atoms with E-state index in [0.717, 1.165) is 176 Å². The first-order chi connectivity index (χ1) is 63.7. The molecule has 5 atom stereocenters. The number of aryl methyl sites for hydroxylation is 1.